The van der Waals surface area contributed by atoms with E-state index in [0.29, 0.717) is 22.2 Å². The first kappa shape index (κ1) is 21.2. The minimum atomic E-state index is -1.59. The zero-order valence-electron chi connectivity index (χ0n) is 16.0. The first-order valence-corrected chi connectivity index (χ1v) is 9.94. The van der Waals surface area contributed by atoms with E-state index in [2.05, 4.69) is 20.5 Å². The fourth-order valence-corrected chi connectivity index (χ4v) is 3.37. The van der Waals surface area contributed by atoms with Crippen LogP contribution in [0.2, 0.25) is 10.0 Å². The van der Waals surface area contributed by atoms with Crippen molar-refractivity contribution in [3.05, 3.63) is 94.2 Å². The average Bonchev–Trinajstić information content (AvgIpc) is 3.25. The van der Waals surface area contributed by atoms with Gasteiger partial charge in [0.2, 0.25) is 0 Å². The van der Waals surface area contributed by atoms with E-state index < -0.39 is 11.4 Å². The Labute approximate surface area is 187 Å². The van der Waals surface area contributed by atoms with Gasteiger partial charge in [-0.1, -0.05) is 29.3 Å². The van der Waals surface area contributed by atoms with Gasteiger partial charge in [0, 0.05) is 16.5 Å². The maximum Gasteiger partial charge on any atom is 0.145 e. The Morgan fingerprint density at radius 3 is 2.39 bits per heavy atom. The summed E-state index contributed by atoms with van der Waals surface area (Å²) in [5, 5.41) is 23.3. The Hall–Kier alpha value is -3.07. The van der Waals surface area contributed by atoms with Gasteiger partial charge in [-0.2, -0.15) is 0 Å². The Balaban J connectivity index is 1.61. The number of hydrogen-bond donors (Lipinski definition) is 1. The van der Waals surface area contributed by atoms with Crippen LogP contribution in [0.4, 0.5) is 4.39 Å². The predicted octanol–water partition coefficient (Wildman–Crippen LogP) is 4.44. The number of halogens is 3. The van der Waals surface area contributed by atoms with E-state index >= 15 is 0 Å². The molecule has 2 heterocycles. The Morgan fingerprint density at radius 2 is 1.74 bits per heavy atom. The predicted molar refractivity (Wildman–Crippen MR) is 113 cm³/mol. The van der Waals surface area contributed by atoms with Gasteiger partial charge in [0.25, 0.3) is 0 Å². The number of rotatable bonds is 7. The molecule has 1 N–H and O–H groups in total. The summed E-state index contributed by atoms with van der Waals surface area (Å²) in [5.41, 5.74) is -1.01. The van der Waals surface area contributed by atoms with Gasteiger partial charge in [-0.05, 0) is 64.5 Å². The van der Waals surface area contributed by atoms with Gasteiger partial charge in [-0.25, -0.2) is 9.07 Å². The van der Waals surface area contributed by atoms with Crippen LogP contribution >= 0.6 is 23.2 Å². The van der Waals surface area contributed by atoms with Crippen molar-refractivity contribution < 1.29 is 14.2 Å². The summed E-state index contributed by atoms with van der Waals surface area (Å²) in [4.78, 5) is 4.36. The van der Waals surface area contributed by atoms with Gasteiger partial charge in [0.1, 0.15) is 29.2 Å². The van der Waals surface area contributed by atoms with E-state index in [1.54, 1.807) is 42.5 Å². The van der Waals surface area contributed by atoms with E-state index in [1.165, 1.54) is 29.3 Å². The van der Waals surface area contributed by atoms with Crippen LogP contribution in [-0.2, 0) is 18.6 Å². The van der Waals surface area contributed by atoms with Crippen molar-refractivity contribution in [3.63, 3.8) is 0 Å². The highest BCUT2D eigenvalue weighted by Gasteiger charge is 2.33. The second-order valence-corrected chi connectivity index (χ2v) is 7.76. The maximum absolute atomic E-state index is 14.4. The highest BCUT2D eigenvalue weighted by atomic mass is 35.5. The smallest absolute Gasteiger partial charge is 0.145 e. The molecule has 2 aromatic heterocycles. The third kappa shape index (κ3) is 5.16. The molecule has 31 heavy (non-hydrogen) atoms. The molecule has 0 saturated heterocycles. The van der Waals surface area contributed by atoms with Crippen molar-refractivity contribution in [1.82, 2.24) is 25.2 Å². The van der Waals surface area contributed by atoms with E-state index in [0.717, 1.165) is 0 Å². The number of hydrogen-bond acceptors (Lipinski definition) is 6. The quantitative estimate of drug-likeness (QED) is 0.439. The summed E-state index contributed by atoms with van der Waals surface area (Å²) in [6.45, 7) is -0.0353. The fraction of sp³-hybridized carbons (Fsp3) is 0.143. The van der Waals surface area contributed by atoms with Gasteiger partial charge >= 0.3 is 0 Å². The van der Waals surface area contributed by atoms with Crippen molar-refractivity contribution in [3.8, 4) is 11.5 Å². The molecule has 0 aliphatic carbocycles. The summed E-state index contributed by atoms with van der Waals surface area (Å²) in [5.74, 6) is 0.532. The molecule has 0 amide bonds. The van der Waals surface area contributed by atoms with Crippen LogP contribution in [0, 0.1) is 5.82 Å². The van der Waals surface area contributed by atoms with Crippen molar-refractivity contribution in [2.75, 3.05) is 0 Å². The maximum atomic E-state index is 14.4. The lowest BCUT2D eigenvalue weighted by Crippen LogP contribution is -2.35. The van der Waals surface area contributed by atoms with Crippen LogP contribution in [0.5, 0.6) is 11.5 Å². The van der Waals surface area contributed by atoms with Crippen LogP contribution in [0.25, 0.3) is 0 Å². The minimum Gasteiger partial charge on any atom is -0.456 e. The Morgan fingerprint density at radius 1 is 1.00 bits per heavy atom. The van der Waals surface area contributed by atoms with Crippen LogP contribution in [0.15, 0.2) is 67.1 Å². The summed E-state index contributed by atoms with van der Waals surface area (Å²) in [6, 6.07) is 14.5. The number of ether oxygens (including phenoxy) is 1. The molecule has 158 valence electrons. The van der Waals surface area contributed by atoms with Crippen LogP contribution in [-0.4, -0.2) is 30.3 Å². The first-order valence-electron chi connectivity index (χ1n) is 9.18. The lowest BCUT2D eigenvalue weighted by atomic mass is 9.90. The van der Waals surface area contributed by atoms with E-state index in [4.69, 9.17) is 27.9 Å². The third-order valence-electron chi connectivity index (χ3n) is 4.58. The standard InChI is InChI=1S/C21H16Cl2FN5O2/c22-15-3-5-17(6-4-15)31-18-7-8-20(25-11-18)21(30,12-29-13-26-27-28-29)10-14-1-2-16(23)9-19(14)24/h1-9,11,13,30H,10,12H2. The molecule has 0 aliphatic heterocycles. The number of aliphatic hydroxyl groups is 1. The van der Waals surface area contributed by atoms with Gasteiger partial charge in [-0.15, -0.1) is 5.10 Å². The van der Waals surface area contributed by atoms with Gasteiger partial charge < -0.3 is 9.84 Å². The average molecular weight is 460 g/mol. The molecule has 0 aliphatic rings. The number of aromatic nitrogens is 5. The number of benzene rings is 2. The Bertz CT molecular complexity index is 1160. The van der Waals surface area contributed by atoms with Crippen molar-refractivity contribution in [2.24, 2.45) is 0 Å². The van der Waals surface area contributed by atoms with E-state index in [-0.39, 0.29) is 23.6 Å². The Kier molecular flexibility index (Phi) is 6.13. The molecule has 2 aromatic carbocycles. The molecule has 1 unspecified atom stereocenters. The number of nitrogens with zero attached hydrogens (tertiary/aromatic N) is 5. The number of tetrazole rings is 1. The summed E-state index contributed by atoms with van der Waals surface area (Å²) in [7, 11) is 0. The molecular formula is C21H16Cl2FN5O2. The topological polar surface area (TPSA) is 86.0 Å². The largest absolute Gasteiger partial charge is 0.456 e. The monoisotopic (exact) mass is 459 g/mol. The highest BCUT2D eigenvalue weighted by molar-refractivity contribution is 6.30. The molecule has 0 spiro atoms. The molecule has 1 atom stereocenters. The zero-order valence-corrected chi connectivity index (χ0v) is 17.5. The van der Waals surface area contributed by atoms with Crippen molar-refractivity contribution in [1.29, 1.82) is 0 Å². The molecule has 0 fully saturated rings. The molecule has 0 saturated carbocycles. The summed E-state index contributed by atoms with van der Waals surface area (Å²) in [6.07, 6.45) is 2.77. The zero-order chi connectivity index (χ0) is 21.8. The number of pyridine rings is 1. The molecule has 0 radical (unpaired) electrons. The summed E-state index contributed by atoms with van der Waals surface area (Å²) < 4.78 is 21.5. The SMILES string of the molecule is OC(Cc1ccc(Cl)cc1F)(Cn1cnnn1)c1ccc(Oc2ccc(Cl)cc2)cn1. The van der Waals surface area contributed by atoms with Gasteiger partial charge in [0.15, 0.2) is 0 Å². The third-order valence-corrected chi connectivity index (χ3v) is 5.06. The molecule has 4 rings (SSSR count). The van der Waals surface area contributed by atoms with Gasteiger partial charge in [0.05, 0.1) is 18.4 Å². The molecule has 4 aromatic rings. The molecular weight excluding hydrogens is 444 g/mol. The second-order valence-electron chi connectivity index (χ2n) is 6.89. The van der Waals surface area contributed by atoms with Crippen LogP contribution in [0.1, 0.15) is 11.3 Å². The van der Waals surface area contributed by atoms with Crippen molar-refractivity contribution in [2.45, 2.75) is 18.6 Å². The first-order chi connectivity index (χ1) is 14.9. The fourth-order valence-electron chi connectivity index (χ4n) is 3.08. The molecule has 0 bridgehead atoms. The lowest BCUT2D eigenvalue weighted by molar-refractivity contribution is 0.00963. The highest BCUT2D eigenvalue weighted by Crippen LogP contribution is 2.30. The van der Waals surface area contributed by atoms with E-state index in [9.17, 15) is 9.50 Å². The van der Waals surface area contributed by atoms with E-state index in [1.807, 2.05) is 0 Å². The lowest BCUT2D eigenvalue weighted by Gasteiger charge is -2.27. The van der Waals surface area contributed by atoms with Crippen molar-refractivity contribution >= 4 is 23.2 Å². The van der Waals surface area contributed by atoms with Gasteiger partial charge in [-0.3, -0.25) is 4.98 Å². The second kappa shape index (κ2) is 8.97. The van der Waals surface area contributed by atoms with Crippen LogP contribution in [0.3, 0.4) is 0 Å². The normalized spacial score (nSPS) is 13.0. The summed E-state index contributed by atoms with van der Waals surface area (Å²) >= 11 is 11.7. The molecule has 10 heteroatoms. The molecule has 7 nitrogen and oxygen atoms in total. The van der Waals surface area contributed by atoms with Crippen LogP contribution < -0.4 is 4.74 Å². The minimum absolute atomic E-state index is 0.0353.